The van der Waals surface area contributed by atoms with Crippen LogP contribution in [0.3, 0.4) is 0 Å². The highest BCUT2D eigenvalue weighted by molar-refractivity contribution is 7.08. The molecule has 2 heterocycles. The average Bonchev–Trinajstić information content (AvgIpc) is 3.03. The van der Waals surface area contributed by atoms with E-state index in [1.807, 2.05) is 23.8 Å². The molecule has 0 radical (unpaired) electrons. The van der Waals surface area contributed by atoms with Crippen molar-refractivity contribution in [2.24, 2.45) is 0 Å². The number of hydrogen-bond donors (Lipinski definition) is 2. The minimum atomic E-state index is -0.758. The number of aliphatic hydroxyl groups excluding tert-OH is 1. The third kappa shape index (κ3) is 3.82. The fourth-order valence-corrected chi connectivity index (χ4v) is 2.52. The Labute approximate surface area is 121 Å². The molecule has 1 unspecified atom stereocenters. The molecule has 0 aliphatic heterocycles. The molecule has 0 spiro atoms. The van der Waals surface area contributed by atoms with Crippen molar-refractivity contribution in [2.75, 3.05) is 6.54 Å². The Balaban J connectivity index is 1.85. The highest BCUT2D eigenvalue weighted by Gasteiger charge is 2.14. The van der Waals surface area contributed by atoms with E-state index in [0.29, 0.717) is 11.3 Å². The van der Waals surface area contributed by atoms with Crippen molar-refractivity contribution in [2.45, 2.75) is 20.0 Å². The predicted molar refractivity (Wildman–Crippen MR) is 79.5 cm³/mol. The molecular formula is C15H17NO3S. The summed E-state index contributed by atoms with van der Waals surface area (Å²) in [5, 5.41) is 16.6. The van der Waals surface area contributed by atoms with Gasteiger partial charge in [0, 0.05) is 18.2 Å². The summed E-state index contributed by atoms with van der Waals surface area (Å²) < 4.78 is 5.35. The Bertz CT molecular complexity index is 599. The van der Waals surface area contributed by atoms with Gasteiger partial charge in [-0.25, -0.2) is 0 Å². The van der Waals surface area contributed by atoms with Crippen molar-refractivity contribution in [3.05, 3.63) is 51.6 Å². The van der Waals surface area contributed by atoms with E-state index in [0.717, 1.165) is 11.3 Å². The molecule has 20 heavy (non-hydrogen) atoms. The lowest BCUT2D eigenvalue weighted by atomic mass is 10.1. The van der Waals surface area contributed by atoms with Gasteiger partial charge in [0.05, 0.1) is 6.10 Å². The van der Waals surface area contributed by atoms with Gasteiger partial charge >= 0.3 is 0 Å². The van der Waals surface area contributed by atoms with E-state index < -0.39 is 6.10 Å². The molecule has 0 bridgehead atoms. The summed E-state index contributed by atoms with van der Waals surface area (Å²) in [6.45, 7) is 3.78. The molecule has 5 heteroatoms. The number of nitrogens with one attached hydrogen (secondary N) is 1. The highest BCUT2D eigenvalue weighted by atomic mass is 32.1. The molecule has 0 aliphatic rings. The number of carbonyl (C=O) groups excluding carboxylic acids is 1. The van der Waals surface area contributed by atoms with Crippen molar-refractivity contribution in [1.82, 2.24) is 5.32 Å². The largest absolute Gasteiger partial charge is 0.466 e. The summed E-state index contributed by atoms with van der Waals surface area (Å²) >= 11 is 1.58. The molecule has 0 saturated carbocycles. The summed E-state index contributed by atoms with van der Waals surface area (Å²) in [7, 11) is 0. The smallest absolute Gasteiger partial charge is 0.244 e. The summed E-state index contributed by atoms with van der Waals surface area (Å²) in [4.78, 5) is 11.6. The maximum Gasteiger partial charge on any atom is 0.244 e. The van der Waals surface area contributed by atoms with E-state index in [1.165, 1.54) is 6.08 Å². The summed E-state index contributed by atoms with van der Waals surface area (Å²) in [6.07, 6.45) is 2.44. The minimum absolute atomic E-state index is 0.159. The Morgan fingerprint density at radius 1 is 1.55 bits per heavy atom. The van der Waals surface area contributed by atoms with Crippen molar-refractivity contribution in [3.63, 3.8) is 0 Å². The zero-order valence-corrected chi connectivity index (χ0v) is 12.2. The van der Waals surface area contributed by atoms with Crippen LogP contribution in [0.5, 0.6) is 0 Å². The van der Waals surface area contributed by atoms with Crippen LogP contribution in [0.1, 0.15) is 28.8 Å². The van der Waals surface area contributed by atoms with Gasteiger partial charge in [-0.3, -0.25) is 4.79 Å². The molecule has 1 atom stereocenters. The van der Waals surface area contributed by atoms with E-state index in [9.17, 15) is 9.90 Å². The molecule has 4 nitrogen and oxygen atoms in total. The molecule has 0 saturated heterocycles. The minimum Gasteiger partial charge on any atom is -0.466 e. The van der Waals surface area contributed by atoms with Gasteiger partial charge in [-0.05, 0) is 48.4 Å². The van der Waals surface area contributed by atoms with E-state index in [4.69, 9.17) is 4.42 Å². The zero-order chi connectivity index (χ0) is 14.5. The number of aliphatic hydroxyl groups is 1. The van der Waals surface area contributed by atoms with Crippen molar-refractivity contribution >= 4 is 23.3 Å². The van der Waals surface area contributed by atoms with Crippen LogP contribution in [-0.4, -0.2) is 17.6 Å². The van der Waals surface area contributed by atoms with Crippen molar-refractivity contribution in [3.8, 4) is 0 Å². The third-order valence-electron chi connectivity index (χ3n) is 2.88. The lowest BCUT2D eigenvalue weighted by Crippen LogP contribution is -2.26. The number of hydrogen-bond acceptors (Lipinski definition) is 4. The molecule has 2 aromatic rings. The van der Waals surface area contributed by atoms with Crippen LogP contribution in [0.15, 0.2) is 33.4 Å². The second-order valence-corrected chi connectivity index (χ2v) is 5.30. The van der Waals surface area contributed by atoms with Crippen LogP contribution >= 0.6 is 11.3 Å². The maximum atomic E-state index is 11.6. The molecule has 2 N–H and O–H groups in total. The van der Waals surface area contributed by atoms with Crippen LogP contribution in [0.25, 0.3) is 6.08 Å². The van der Waals surface area contributed by atoms with Crippen molar-refractivity contribution < 1.29 is 14.3 Å². The quantitative estimate of drug-likeness (QED) is 0.833. The van der Waals surface area contributed by atoms with Crippen LogP contribution < -0.4 is 5.32 Å². The summed E-state index contributed by atoms with van der Waals surface area (Å²) in [5.41, 5.74) is 1.71. The van der Waals surface area contributed by atoms with Gasteiger partial charge in [0.15, 0.2) is 0 Å². The number of aryl methyl sites for hydroxylation is 2. The maximum absolute atomic E-state index is 11.6. The van der Waals surface area contributed by atoms with Crippen LogP contribution in [0.4, 0.5) is 0 Å². The van der Waals surface area contributed by atoms with Gasteiger partial charge in [-0.15, -0.1) is 0 Å². The first kappa shape index (κ1) is 14.6. The van der Waals surface area contributed by atoms with Gasteiger partial charge in [0.25, 0.3) is 0 Å². The van der Waals surface area contributed by atoms with Gasteiger partial charge in [-0.1, -0.05) is 0 Å². The highest BCUT2D eigenvalue weighted by Crippen LogP contribution is 2.20. The fraction of sp³-hybridized carbons (Fsp3) is 0.267. The van der Waals surface area contributed by atoms with E-state index in [1.54, 1.807) is 30.4 Å². The van der Waals surface area contributed by atoms with Gasteiger partial charge in [-0.2, -0.15) is 11.3 Å². The molecular weight excluding hydrogens is 274 g/mol. The molecule has 2 rings (SSSR count). The summed E-state index contributed by atoms with van der Waals surface area (Å²) in [5.74, 6) is 1.20. The van der Waals surface area contributed by atoms with Crippen LogP contribution in [0, 0.1) is 13.8 Å². The fourth-order valence-electron chi connectivity index (χ4n) is 1.89. The molecule has 0 aromatic carbocycles. The number of amides is 1. The molecule has 106 valence electrons. The number of thiophene rings is 1. The zero-order valence-electron chi connectivity index (χ0n) is 11.4. The first-order valence-corrected chi connectivity index (χ1v) is 7.23. The lowest BCUT2D eigenvalue weighted by molar-refractivity contribution is -0.116. The lowest BCUT2D eigenvalue weighted by Gasteiger charge is -2.09. The van der Waals surface area contributed by atoms with Gasteiger partial charge in [0.1, 0.15) is 11.5 Å². The van der Waals surface area contributed by atoms with E-state index >= 15 is 0 Å². The average molecular weight is 291 g/mol. The number of carbonyl (C=O) groups is 1. The second-order valence-electron chi connectivity index (χ2n) is 4.52. The van der Waals surface area contributed by atoms with E-state index in [2.05, 4.69) is 5.32 Å². The molecule has 1 amide bonds. The van der Waals surface area contributed by atoms with Crippen molar-refractivity contribution in [1.29, 1.82) is 0 Å². The molecule has 2 aromatic heterocycles. The molecule has 0 fully saturated rings. The Kier molecular flexibility index (Phi) is 4.76. The first-order chi connectivity index (χ1) is 9.56. The Morgan fingerprint density at radius 2 is 2.35 bits per heavy atom. The SMILES string of the molecule is Cc1cc(C(O)CNC(=O)/C=C/c2ccsc2)c(C)o1. The van der Waals surface area contributed by atoms with Crippen LogP contribution in [0.2, 0.25) is 0 Å². The molecule has 0 aliphatic carbocycles. The third-order valence-corrected chi connectivity index (χ3v) is 3.58. The monoisotopic (exact) mass is 291 g/mol. The number of rotatable bonds is 5. The predicted octanol–water partition coefficient (Wildman–Crippen LogP) is 2.82. The Morgan fingerprint density at radius 3 is 2.95 bits per heavy atom. The number of furan rings is 1. The second kappa shape index (κ2) is 6.54. The van der Waals surface area contributed by atoms with Crippen LogP contribution in [-0.2, 0) is 4.79 Å². The standard InChI is InChI=1S/C15H17NO3S/c1-10-7-13(11(2)19-10)14(17)8-16-15(18)4-3-12-5-6-20-9-12/h3-7,9,14,17H,8H2,1-2H3,(H,16,18)/b4-3+. The van der Waals surface area contributed by atoms with Gasteiger partial charge in [0.2, 0.25) is 5.91 Å². The topological polar surface area (TPSA) is 62.5 Å². The first-order valence-electron chi connectivity index (χ1n) is 6.29. The normalized spacial score (nSPS) is 12.8. The van der Waals surface area contributed by atoms with E-state index in [-0.39, 0.29) is 12.5 Å². The summed E-state index contributed by atoms with van der Waals surface area (Å²) in [6, 6.07) is 3.72. The Hall–Kier alpha value is -1.85. The van der Waals surface area contributed by atoms with Gasteiger partial charge < -0.3 is 14.8 Å².